The smallest absolute Gasteiger partial charge is 0.183 e. The molecule has 2 aromatic heterocycles. The SMILES string of the molecule is Nc1ccc(Br)cc1-c1nc2ncnc(N)c2[nH]1. The van der Waals surface area contributed by atoms with Crippen molar-refractivity contribution in [1.29, 1.82) is 0 Å². The second-order valence-corrected chi connectivity index (χ2v) is 4.69. The van der Waals surface area contributed by atoms with E-state index < -0.39 is 0 Å². The van der Waals surface area contributed by atoms with E-state index in [1.165, 1.54) is 6.33 Å². The number of fused-ring (bicyclic) bond motifs is 1. The molecule has 6 nitrogen and oxygen atoms in total. The van der Waals surface area contributed by atoms with Gasteiger partial charge in [0.15, 0.2) is 11.5 Å². The minimum atomic E-state index is 0.368. The number of aromatic nitrogens is 4. The number of nitrogen functional groups attached to an aromatic ring is 2. The summed E-state index contributed by atoms with van der Waals surface area (Å²) in [5, 5.41) is 0. The quantitative estimate of drug-likeness (QED) is 0.596. The number of hydrogen-bond acceptors (Lipinski definition) is 5. The lowest BCUT2D eigenvalue weighted by Crippen LogP contribution is -1.92. The van der Waals surface area contributed by atoms with Gasteiger partial charge in [-0.05, 0) is 18.2 Å². The zero-order chi connectivity index (χ0) is 12.7. The highest BCUT2D eigenvalue weighted by molar-refractivity contribution is 9.10. The molecule has 18 heavy (non-hydrogen) atoms. The summed E-state index contributed by atoms with van der Waals surface area (Å²) in [6, 6.07) is 5.56. The van der Waals surface area contributed by atoms with Crippen LogP contribution in [0.2, 0.25) is 0 Å². The highest BCUT2D eigenvalue weighted by atomic mass is 79.9. The monoisotopic (exact) mass is 304 g/mol. The molecule has 0 radical (unpaired) electrons. The molecule has 0 aliphatic carbocycles. The topological polar surface area (TPSA) is 106 Å². The normalized spacial score (nSPS) is 10.9. The Balaban J connectivity index is 2.26. The van der Waals surface area contributed by atoms with E-state index in [-0.39, 0.29) is 0 Å². The molecular formula is C11H9BrN6. The molecule has 0 saturated carbocycles. The molecule has 5 N–H and O–H groups in total. The predicted octanol–water partition coefficient (Wildman–Crippen LogP) is 1.95. The van der Waals surface area contributed by atoms with Gasteiger partial charge in [-0.15, -0.1) is 0 Å². The lowest BCUT2D eigenvalue weighted by atomic mass is 10.2. The van der Waals surface area contributed by atoms with E-state index in [9.17, 15) is 0 Å². The van der Waals surface area contributed by atoms with Crippen molar-refractivity contribution in [3.8, 4) is 11.4 Å². The van der Waals surface area contributed by atoms with E-state index in [0.29, 0.717) is 28.5 Å². The van der Waals surface area contributed by atoms with Crippen LogP contribution in [0, 0.1) is 0 Å². The maximum Gasteiger partial charge on any atom is 0.183 e. The first-order chi connectivity index (χ1) is 8.65. The summed E-state index contributed by atoms with van der Waals surface area (Å²) in [5.74, 6) is 0.989. The number of imidazole rings is 1. The van der Waals surface area contributed by atoms with E-state index in [2.05, 4.69) is 35.9 Å². The number of hydrogen-bond donors (Lipinski definition) is 3. The van der Waals surface area contributed by atoms with Gasteiger partial charge in [0.25, 0.3) is 0 Å². The minimum absolute atomic E-state index is 0.368. The van der Waals surface area contributed by atoms with Gasteiger partial charge in [0.1, 0.15) is 17.7 Å². The Labute approximate surface area is 111 Å². The molecule has 3 aromatic rings. The summed E-state index contributed by atoms with van der Waals surface area (Å²) >= 11 is 3.40. The van der Waals surface area contributed by atoms with Crippen LogP contribution in [0.15, 0.2) is 29.0 Å². The summed E-state index contributed by atoms with van der Waals surface area (Å²) in [6.07, 6.45) is 1.38. The van der Waals surface area contributed by atoms with Crippen LogP contribution in [0.25, 0.3) is 22.6 Å². The number of halogens is 1. The summed E-state index contributed by atoms with van der Waals surface area (Å²) in [6.45, 7) is 0. The molecular weight excluding hydrogens is 296 g/mol. The molecule has 0 spiro atoms. The molecule has 3 rings (SSSR count). The van der Waals surface area contributed by atoms with Crippen molar-refractivity contribution in [1.82, 2.24) is 19.9 Å². The Morgan fingerprint density at radius 1 is 1.17 bits per heavy atom. The highest BCUT2D eigenvalue weighted by Crippen LogP contribution is 2.28. The van der Waals surface area contributed by atoms with E-state index >= 15 is 0 Å². The van der Waals surface area contributed by atoms with Crippen LogP contribution in [-0.4, -0.2) is 19.9 Å². The average molecular weight is 305 g/mol. The Bertz CT molecular complexity index is 735. The van der Waals surface area contributed by atoms with Gasteiger partial charge in [0.2, 0.25) is 0 Å². The van der Waals surface area contributed by atoms with Crippen molar-refractivity contribution >= 4 is 38.6 Å². The predicted molar refractivity (Wildman–Crippen MR) is 73.6 cm³/mol. The van der Waals surface area contributed by atoms with E-state index in [1.807, 2.05) is 18.2 Å². The van der Waals surface area contributed by atoms with Gasteiger partial charge in [-0.2, -0.15) is 0 Å². The largest absolute Gasteiger partial charge is 0.398 e. The van der Waals surface area contributed by atoms with Gasteiger partial charge in [0, 0.05) is 15.7 Å². The van der Waals surface area contributed by atoms with Crippen molar-refractivity contribution in [2.24, 2.45) is 0 Å². The molecule has 0 atom stereocenters. The number of benzene rings is 1. The Morgan fingerprint density at radius 3 is 2.78 bits per heavy atom. The third-order valence-electron chi connectivity index (χ3n) is 2.59. The van der Waals surface area contributed by atoms with Gasteiger partial charge in [0.05, 0.1) is 0 Å². The first kappa shape index (κ1) is 11.0. The summed E-state index contributed by atoms with van der Waals surface area (Å²) in [4.78, 5) is 15.4. The molecule has 0 aliphatic rings. The Kier molecular flexibility index (Phi) is 2.41. The molecule has 2 heterocycles. The molecule has 7 heteroatoms. The van der Waals surface area contributed by atoms with Crippen molar-refractivity contribution in [3.05, 3.63) is 29.0 Å². The van der Waals surface area contributed by atoms with E-state index in [1.54, 1.807) is 0 Å². The lowest BCUT2D eigenvalue weighted by molar-refractivity contribution is 1.21. The van der Waals surface area contributed by atoms with Crippen LogP contribution in [0.4, 0.5) is 11.5 Å². The van der Waals surface area contributed by atoms with Crippen molar-refractivity contribution in [2.45, 2.75) is 0 Å². The molecule has 0 saturated heterocycles. The van der Waals surface area contributed by atoms with E-state index in [0.717, 1.165) is 10.0 Å². The molecule has 90 valence electrons. The third kappa shape index (κ3) is 1.68. The van der Waals surface area contributed by atoms with Gasteiger partial charge in [-0.3, -0.25) is 0 Å². The molecule has 1 aromatic carbocycles. The van der Waals surface area contributed by atoms with Gasteiger partial charge >= 0.3 is 0 Å². The molecule has 0 aliphatic heterocycles. The van der Waals surface area contributed by atoms with Crippen LogP contribution in [0.5, 0.6) is 0 Å². The number of aromatic amines is 1. The van der Waals surface area contributed by atoms with Gasteiger partial charge < -0.3 is 16.5 Å². The summed E-state index contributed by atoms with van der Waals surface area (Å²) in [5.41, 5.74) is 14.3. The Hall–Kier alpha value is -2.15. The number of nitrogens with one attached hydrogen (secondary N) is 1. The fraction of sp³-hybridized carbons (Fsp3) is 0. The highest BCUT2D eigenvalue weighted by Gasteiger charge is 2.11. The van der Waals surface area contributed by atoms with Crippen molar-refractivity contribution in [3.63, 3.8) is 0 Å². The maximum atomic E-state index is 5.93. The lowest BCUT2D eigenvalue weighted by Gasteiger charge is -2.02. The second kappa shape index (κ2) is 3.95. The zero-order valence-electron chi connectivity index (χ0n) is 9.18. The standard InChI is InChI=1S/C11H9BrN6/c12-5-1-2-7(13)6(3-5)10-17-8-9(14)15-4-16-11(8)18-10/h1-4H,13H2,(H3,14,15,16,17,18). The van der Waals surface area contributed by atoms with Crippen LogP contribution in [0.1, 0.15) is 0 Å². The van der Waals surface area contributed by atoms with Crippen molar-refractivity contribution in [2.75, 3.05) is 11.5 Å². The molecule has 0 amide bonds. The third-order valence-corrected chi connectivity index (χ3v) is 3.08. The zero-order valence-corrected chi connectivity index (χ0v) is 10.8. The Morgan fingerprint density at radius 2 is 2.00 bits per heavy atom. The van der Waals surface area contributed by atoms with Crippen LogP contribution >= 0.6 is 15.9 Å². The fourth-order valence-corrected chi connectivity index (χ4v) is 2.07. The average Bonchev–Trinajstić information content (AvgIpc) is 2.77. The number of rotatable bonds is 1. The molecule has 0 bridgehead atoms. The van der Waals surface area contributed by atoms with Gasteiger partial charge in [-0.25, -0.2) is 15.0 Å². The summed E-state index contributed by atoms with van der Waals surface area (Å²) in [7, 11) is 0. The first-order valence-electron chi connectivity index (χ1n) is 5.17. The number of nitrogens with zero attached hydrogens (tertiary/aromatic N) is 3. The number of nitrogens with two attached hydrogens (primary N) is 2. The molecule has 0 unspecified atom stereocenters. The number of H-pyrrole nitrogens is 1. The molecule has 0 fully saturated rings. The first-order valence-corrected chi connectivity index (χ1v) is 5.96. The van der Waals surface area contributed by atoms with Crippen LogP contribution in [-0.2, 0) is 0 Å². The van der Waals surface area contributed by atoms with Crippen LogP contribution in [0.3, 0.4) is 0 Å². The summed E-state index contributed by atoms with van der Waals surface area (Å²) < 4.78 is 0.922. The van der Waals surface area contributed by atoms with Crippen molar-refractivity contribution < 1.29 is 0 Å². The maximum absolute atomic E-state index is 5.93. The second-order valence-electron chi connectivity index (χ2n) is 3.77. The number of anilines is 2. The van der Waals surface area contributed by atoms with E-state index in [4.69, 9.17) is 11.5 Å². The van der Waals surface area contributed by atoms with Crippen LogP contribution < -0.4 is 11.5 Å². The minimum Gasteiger partial charge on any atom is -0.398 e. The van der Waals surface area contributed by atoms with Gasteiger partial charge in [-0.1, -0.05) is 15.9 Å². The fourth-order valence-electron chi connectivity index (χ4n) is 1.71.